The van der Waals surface area contributed by atoms with Gasteiger partial charge in [0.25, 0.3) is 5.89 Å². The molecule has 0 N–H and O–H groups in total. The minimum absolute atomic E-state index is 0.0594. The maximum absolute atomic E-state index is 5.86. The van der Waals surface area contributed by atoms with Crippen LogP contribution in [0.15, 0.2) is 4.52 Å². The van der Waals surface area contributed by atoms with Crippen LogP contribution in [-0.4, -0.2) is 32.4 Å². The Morgan fingerprint density at radius 3 is 2.75 bits per heavy atom. The van der Waals surface area contributed by atoms with Crippen molar-refractivity contribution >= 4 is 11.5 Å². The summed E-state index contributed by atoms with van der Waals surface area (Å²) in [7, 11) is 0. The van der Waals surface area contributed by atoms with E-state index < -0.39 is 0 Å². The lowest BCUT2D eigenvalue weighted by atomic mass is 9.81. The average molecular weight is 294 g/mol. The van der Waals surface area contributed by atoms with Crippen molar-refractivity contribution in [2.75, 3.05) is 6.61 Å². The molecule has 6 nitrogen and oxygen atoms in total. The van der Waals surface area contributed by atoms with Crippen LogP contribution in [0.25, 0.3) is 10.8 Å². The molecule has 0 amide bonds. The molecule has 2 atom stereocenters. The summed E-state index contributed by atoms with van der Waals surface area (Å²) in [4.78, 5) is 5.37. The largest absolute Gasteiger partial charge is 0.377 e. The number of aryl methyl sites for hydroxylation is 1. The van der Waals surface area contributed by atoms with E-state index in [4.69, 9.17) is 9.26 Å². The van der Waals surface area contributed by atoms with E-state index in [1.54, 1.807) is 0 Å². The van der Waals surface area contributed by atoms with Crippen molar-refractivity contribution in [2.45, 2.75) is 46.1 Å². The molecule has 1 fully saturated rings. The summed E-state index contributed by atoms with van der Waals surface area (Å²) in [5, 5.41) is 8.11. The molecule has 0 saturated carbocycles. The Morgan fingerprint density at radius 2 is 2.10 bits per heavy atom. The van der Waals surface area contributed by atoms with Gasteiger partial charge >= 0.3 is 0 Å². The second-order valence-corrected chi connectivity index (χ2v) is 6.95. The summed E-state index contributed by atoms with van der Waals surface area (Å²) in [5.41, 5.74) is 0.879. The first-order valence-electron chi connectivity index (χ1n) is 6.71. The molecule has 1 saturated heterocycles. The van der Waals surface area contributed by atoms with Crippen LogP contribution in [-0.2, 0) is 4.74 Å². The third-order valence-corrected chi connectivity index (χ3v) is 4.38. The summed E-state index contributed by atoms with van der Waals surface area (Å²) in [5.74, 6) is 1.42. The van der Waals surface area contributed by atoms with E-state index in [1.807, 2.05) is 6.92 Å². The van der Waals surface area contributed by atoms with Crippen molar-refractivity contribution < 1.29 is 9.26 Å². The molecule has 1 aliphatic heterocycles. The Hall–Kier alpha value is -1.34. The molecule has 0 bridgehead atoms. The molecule has 20 heavy (non-hydrogen) atoms. The molecule has 108 valence electrons. The Bertz CT molecular complexity index is 602. The molecule has 1 aliphatic rings. The highest BCUT2D eigenvalue weighted by Crippen LogP contribution is 2.40. The fourth-order valence-electron chi connectivity index (χ4n) is 2.61. The zero-order valence-corrected chi connectivity index (χ0v) is 12.9. The van der Waals surface area contributed by atoms with Crippen LogP contribution in [0.5, 0.6) is 0 Å². The van der Waals surface area contributed by atoms with Crippen LogP contribution in [0.1, 0.15) is 44.6 Å². The van der Waals surface area contributed by atoms with Crippen LogP contribution >= 0.6 is 11.5 Å². The van der Waals surface area contributed by atoms with Gasteiger partial charge in [-0.25, -0.2) is 0 Å². The first-order valence-corrected chi connectivity index (χ1v) is 7.48. The topological polar surface area (TPSA) is 73.9 Å². The third kappa shape index (κ3) is 2.35. The Labute approximate surface area is 121 Å². The van der Waals surface area contributed by atoms with E-state index in [9.17, 15) is 0 Å². The molecule has 0 aliphatic carbocycles. The van der Waals surface area contributed by atoms with E-state index in [0.29, 0.717) is 5.89 Å². The first-order chi connectivity index (χ1) is 9.47. The first kappa shape index (κ1) is 13.6. The Kier molecular flexibility index (Phi) is 3.33. The second-order valence-electron chi connectivity index (χ2n) is 6.20. The second kappa shape index (κ2) is 4.89. The smallest absolute Gasteiger partial charge is 0.271 e. The van der Waals surface area contributed by atoms with Crippen molar-refractivity contribution in [2.24, 2.45) is 5.41 Å². The summed E-state index contributed by atoms with van der Waals surface area (Å²) in [6.07, 6.45) is 1.05. The molecule has 0 unspecified atom stereocenters. The predicted octanol–water partition coefficient (Wildman–Crippen LogP) is 2.82. The maximum atomic E-state index is 5.86. The van der Waals surface area contributed by atoms with Gasteiger partial charge < -0.3 is 9.26 Å². The highest BCUT2D eigenvalue weighted by molar-refractivity contribution is 7.09. The number of ether oxygens (including phenoxy) is 1. The number of nitrogens with zero attached hydrogens (tertiary/aromatic N) is 4. The molecular weight excluding hydrogens is 276 g/mol. The number of hydrogen-bond acceptors (Lipinski definition) is 7. The summed E-state index contributed by atoms with van der Waals surface area (Å²) in [6, 6.07) is 0. The zero-order chi connectivity index (χ0) is 14.3. The van der Waals surface area contributed by atoms with Gasteiger partial charge in [0, 0.05) is 6.61 Å². The zero-order valence-electron chi connectivity index (χ0n) is 12.1. The SMILES string of the molecule is Cc1nnsc1-c1nc([C@H]2CCO[C@@H]2C(C)(C)C)no1. The van der Waals surface area contributed by atoms with Gasteiger partial charge in [-0.05, 0) is 30.3 Å². The monoisotopic (exact) mass is 294 g/mol. The van der Waals surface area contributed by atoms with Gasteiger partial charge in [0.2, 0.25) is 0 Å². The fourth-order valence-corrected chi connectivity index (χ4v) is 3.19. The van der Waals surface area contributed by atoms with Crippen molar-refractivity contribution in [3.63, 3.8) is 0 Å². The molecular formula is C13H18N4O2S. The summed E-state index contributed by atoms with van der Waals surface area (Å²) < 4.78 is 15.1. The van der Waals surface area contributed by atoms with E-state index in [-0.39, 0.29) is 17.4 Å². The van der Waals surface area contributed by atoms with Gasteiger partial charge in [-0.2, -0.15) is 4.98 Å². The molecule has 2 aromatic heterocycles. The predicted molar refractivity (Wildman–Crippen MR) is 74.5 cm³/mol. The molecule has 0 spiro atoms. The lowest BCUT2D eigenvalue weighted by molar-refractivity contribution is 0.0193. The van der Waals surface area contributed by atoms with E-state index in [1.165, 1.54) is 11.5 Å². The fraction of sp³-hybridized carbons (Fsp3) is 0.692. The number of rotatable bonds is 2. The van der Waals surface area contributed by atoms with Gasteiger partial charge in [0.05, 0.1) is 17.7 Å². The highest BCUT2D eigenvalue weighted by Gasteiger charge is 2.40. The van der Waals surface area contributed by atoms with Gasteiger partial charge in [-0.1, -0.05) is 30.4 Å². The number of hydrogen-bond donors (Lipinski definition) is 0. The van der Waals surface area contributed by atoms with E-state index >= 15 is 0 Å². The molecule has 7 heteroatoms. The molecule has 3 rings (SSSR count). The van der Waals surface area contributed by atoms with Crippen molar-refractivity contribution in [3.05, 3.63) is 11.5 Å². The van der Waals surface area contributed by atoms with Crippen molar-refractivity contribution in [3.8, 4) is 10.8 Å². The van der Waals surface area contributed by atoms with Gasteiger partial charge in [0.1, 0.15) is 4.88 Å². The third-order valence-electron chi connectivity index (χ3n) is 3.56. The lowest BCUT2D eigenvalue weighted by Crippen LogP contribution is -2.30. The normalized spacial score (nSPS) is 23.4. The van der Waals surface area contributed by atoms with Crippen LogP contribution in [0.3, 0.4) is 0 Å². The Balaban J connectivity index is 1.89. The summed E-state index contributed by atoms with van der Waals surface area (Å²) >= 11 is 1.28. The minimum atomic E-state index is 0.0594. The van der Waals surface area contributed by atoms with Gasteiger partial charge in [-0.3, -0.25) is 0 Å². The van der Waals surface area contributed by atoms with Gasteiger partial charge in [-0.15, -0.1) is 5.10 Å². The number of aromatic nitrogens is 4. The molecule has 0 radical (unpaired) electrons. The standard InChI is InChI=1S/C13H18N4O2S/c1-7-9(20-17-15-7)12-14-11(16-19-12)8-5-6-18-10(8)13(2,3)4/h8,10H,5-6H2,1-4H3/t8-,10-/m0/s1. The quantitative estimate of drug-likeness (QED) is 0.848. The Morgan fingerprint density at radius 1 is 1.30 bits per heavy atom. The van der Waals surface area contributed by atoms with Gasteiger partial charge in [0.15, 0.2) is 5.82 Å². The molecule has 0 aromatic carbocycles. The highest BCUT2D eigenvalue weighted by atomic mass is 32.1. The van der Waals surface area contributed by atoms with Crippen LogP contribution in [0, 0.1) is 12.3 Å². The molecule has 3 heterocycles. The average Bonchev–Trinajstić information content (AvgIpc) is 3.05. The van der Waals surface area contributed by atoms with E-state index in [2.05, 4.69) is 40.5 Å². The van der Waals surface area contributed by atoms with Crippen LogP contribution in [0.4, 0.5) is 0 Å². The van der Waals surface area contributed by atoms with Crippen LogP contribution < -0.4 is 0 Å². The van der Waals surface area contributed by atoms with Crippen molar-refractivity contribution in [1.29, 1.82) is 0 Å². The maximum Gasteiger partial charge on any atom is 0.271 e. The molecule has 2 aromatic rings. The minimum Gasteiger partial charge on any atom is -0.377 e. The van der Waals surface area contributed by atoms with Crippen molar-refractivity contribution in [1.82, 2.24) is 19.7 Å². The van der Waals surface area contributed by atoms with E-state index in [0.717, 1.165) is 29.4 Å². The summed E-state index contributed by atoms with van der Waals surface area (Å²) in [6.45, 7) is 9.16. The lowest BCUT2D eigenvalue weighted by Gasteiger charge is -2.29. The van der Waals surface area contributed by atoms with Crippen LogP contribution in [0.2, 0.25) is 0 Å².